The molecule has 0 radical (unpaired) electrons. The first-order valence-corrected chi connectivity index (χ1v) is 5.38. The fourth-order valence-electron chi connectivity index (χ4n) is 1.77. The maximum atomic E-state index is 11.4. The number of hydrogen-bond donors (Lipinski definition) is 1. The monoisotopic (exact) mass is 217 g/mol. The van der Waals surface area contributed by atoms with E-state index in [-0.39, 0.29) is 5.97 Å². The van der Waals surface area contributed by atoms with Crippen molar-refractivity contribution in [2.45, 2.75) is 20.3 Å². The number of carbonyl (C=O) groups is 1. The van der Waals surface area contributed by atoms with Crippen molar-refractivity contribution >= 4 is 11.7 Å². The van der Waals surface area contributed by atoms with Gasteiger partial charge in [0.05, 0.1) is 12.2 Å². The SMILES string of the molecule is CC(Nc1ccccc1C)=C1CCOC1=O. The average molecular weight is 217 g/mol. The molecule has 1 aromatic carbocycles. The number of hydrogen-bond acceptors (Lipinski definition) is 3. The van der Waals surface area contributed by atoms with Crippen LogP contribution in [0.1, 0.15) is 18.9 Å². The van der Waals surface area contributed by atoms with E-state index in [2.05, 4.69) is 5.32 Å². The Balaban J connectivity index is 2.22. The predicted octanol–water partition coefficient (Wildman–Crippen LogP) is 2.63. The lowest BCUT2D eigenvalue weighted by atomic mass is 10.1. The van der Waals surface area contributed by atoms with Crippen molar-refractivity contribution in [2.24, 2.45) is 0 Å². The maximum absolute atomic E-state index is 11.4. The van der Waals surface area contributed by atoms with Crippen molar-refractivity contribution < 1.29 is 9.53 Å². The lowest BCUT2D eigenvalue weighted by Crippen LogP contribution is -2.05. The van der Waals surface area contributed by atoms with Crippen molar-refractivity contribution in [2.75, 3.05) is 11.9 Å². The van der Waals surface area contributed by atoms with Crippen LogP contribution in [-0.2, 0) is 9.53 Å². The third-order valence-electron chi connectivity index (χ3n) is 2.75. The Morgan fingerprint density at radius 2 is 2.12 bits per heavy atom. The predicted molar refractivity (Wildman–Crippen MR) is 63.1 cm³/mol. The fraction of sp³-hybridized carbons (Fsp3) is 0.308. The molecule has 0 amide bonds. The third kappa shape index (κ3) is 2.08. The summed E-state index contributed by atoms with van der Waals surface area (Å²) in [6, 6.07) is 8.00. The second-order valence-electron chi connectivity index (χ2n) is 3.93. The number of carbonyl (C=O) groups excluding carboxylic acids is 1. The number of ether oxygens (including phenoxy) is 1. The van der Waals surface area contributed by atoms with Crippen LogP contribution in [0.4, 0.5) is 5.69 Å². The van der Waals surface area contributed by atoms with Crippen molar-refractivity contribution in [1.29, 1.82) is 0 Å². The van der Waals surface area contributed by atoms with Crippen LogP contribution in [0.2, 0.25) is 0 Å². The van der Waals surface area contributed by atoms with Crippen LogP contribution in [0.15, 0.2) is 35.5 Å². The molecule has 0 aliphatic carbocycles. The van der Waals surface area contributed by atoms with Gasteiger partial charge in [-0.25, -0.2) is 4.79 Å². The molecule has 0 bridgehead atoms. The average Bonchev–Trinajstić information content (AvgIpc) is 2.68. The number of esters is 1. The molecule has 0 aromatic heterocycles. The van der Waals surface area contributed by atoms with Crippen LogP contribution < -0.4 is 5.32 Å². The van der Waals surface area contributed by atoms with Crippen LogP contribution in [-0.4, -0.2) is 12.6 Å². The van der Waals surface area contributed by atoms with Gasteiger partial charge in [0.1, 0.15) is 0 Å². The molecule has 1 N–H and O–H groups in total. The number of allylic oxidation sites excluding steroid dienone is 1. The van der Waals surface area contributed by atoms with Crippen LogP contribution in [0.5, 0.6) is 0 Å². The second kappa shape index (κ2) is 4.39. The zero-order valence-corrected chi connectivity index (χ0v) is 9.54. The first kappa shape index (κ1) is 10.7. The molecule has 3 nitrogen and oxygen atoms in total. The van der Waals surface area contributed by atoms with E-state index < -0.39 is 0 Å². The summed E-state index contributed by atoms with van der Waals surface area (Å²) in [5, 5.41) is 3.26. The second-order valence-corrected chi connectivity index (χ2v) is 3.93. The summed E-state index contributed by atoms with van der Waals surface area (Å²) in [4.78, 5) is 11.4. The van der Waals surface area contributed by atoms with E-state index in [4.69, 9.17) is 4.74 Å². The van der Waals surface area contributed by atoms with Gasteiger partial charge >= 0.3 is 5.97 Å². The van der Waals surface area contributed by atoms with Gasteiger partial charge in [0.25, 0.3) is 0 Å². The maximum Gasteiger partial charge on any atom is 0.335 e. The molecular weight excluding hydrogens is 202 g/mol. The number of benzene rings is 1. The first-order valence-electron chi connectivity index (χ1n) is 5.38. The third-order valence-corrected chi connectivity index (χ3v) is 2.75. The van der Waals surface area contributed by atoms with E-state index in [0.29, 0.717) is 13.0 Å². The zero-order chi connectivity index (χ0) is 11.5. The highest BCUT2D eigenvalue weighted by atomic mass is 16.5. The molecule has 84 valence electrons. The van der Waals surface area contributed by atoms with E-state index >= 15 is 0 Å². The smallest absolute Gasteiger partial charge is 0.335 e. The van der Waals surface area contributed by atoms with E-state index in [1.165, 1.54) is 0 Å². The van der Waals surface area contributed by atoms with Gasteiger partial charge in [-0.15, -0.1) is 0 Å². The first-order chi connectivity index (χ1) is 7.68. The lowest BCUT2D eigenvalue weighted by Gasteiger charge is -2.10. The number of aryl methyl sites for hydroxylation is 1. The molecular formula is C13H15NO2. The number of nitrogens with one attached hydrogen (secondary N) is 1. The van der Waals surface area contributed by atoms with Gasteiger partial charge in [0, 0.05) is 17.8 Å². The zero-order valence-electron chi connectivity index (χ0n) is 9.54. The largest absolute Gasteiger partial charge is 0.462 e. The Labute approximate surface area is 95.1 Å². The minimum absolute atomic E-state index is 0.196. The van der Waals surface area contributed by atoms with Crippen LogP contribution in [0, 0.1) is 6.92 Å². The van der Waals surface area contributed by atoms with Crippen LogP contribution in [0.3, 0.4) is 0 Å². The van der Waals surface area contributed by atoms with Gasteiger partial charge in [-0.2, -0.15) is 0 Å². The Bertz CT molecular complexity index is 449. The molecule has 1 aliphatic heterocycles. The molecule has 1 fully saturated rings. The molecule has 0 spiro atoms. The van der Waals surface area contributed by atoms with E-state index in [0.717, 1.165) is 22.5 Å². The molecule has 0 atom stereocenters. The normalized spacial score (nSPS) is 18.2. The van der Waals surface area contributed by atoms with Crippen molar-refractivity contribution in [3.63, 3.8) is 0 Å². The van der Waals surface area contributed by atoms with Gasteiger partial charge in [-0.05, 0) is 25.5 Å². The van der Waals surface area contributed by atoms with E-state index in [9.17, 15) is 4.79 Å². The van der Waals surface area contributed by atoms with Gasteiger partial charge in [0.2, 0.25) is 0 Å². The summed E-state index contributed by atoms with van der Waals surface area (Å²) in [6.45, 7) is 4.45. The molecule has 0 unspecified atom stereocenters. The topological polar surface area (TPSA) is 38.3 Å². The van der Waals surface area contributed by atoms with Crippen molar-refractivity contribution in [3.8, 4) is 0 Å². The number of cyclic esters (lactones) is 1. The summed E-state index contributed by atoms with van der Waals surface area (Å²) in [5.74, 6) is -0.196. The molecule has 1 aromatic rings. The van der Waals surface area contributed by atoms with Gasteiger partial charge in [-0.3, -0.25) is 0 Å². The summed E-state index contributed by atoms with van der Waals surface area (Å²) >= 11 is 0. The van der Waals surface area contributed by atoms with Crippen molar-refractivity contribution in [1.82, 2.24) is 0 Å². The summed E-state index contributed by atoms with van der Waals surface area (Å²) in [6.07, 6.45) is 0.698. The Hall–Kier alpha value is -1.77. The Morgan fingerprint density at radius 1 is 1.38 bits per heavy atom. The molecule has 1 heterocycles. The van der Waals surface area contributed by atoms with Gasteiger partial charge in [0.15, 0.2) is 0 Å². The van der Waals surface area contributed by atoms with Crippen LogP contribution in [0.25, 0.3) is 0 Å². The summed E-state index contributed by atoms with van der Waals surface area (Å²) in [7, 11) is 0. The lowest BCUT2D eigenvalue weighted by molar-refractivity contribution is -0.135. The van der Waals surface area contributed by atoms with Crippen LogP contribution >= 0.6 is 0 Å². The highest BCUT2D eigenvalue weighted by Gasteiger charge is 2.21. The standard InChI is InChI=1S/C13H15NO2/c1-9-5-3-4-6-12(9)14-10(2)11-7-8-16-13(11)15/h3-6,14H,7-8H2,1-2H3. The quantitative estimate of drug-likeness (QED) is 0.611. The number of para-hydroxylation sites is 1. The molecule has 2 rings (SSSR count). The Kier molecular flexibility index (Phi) is 2.95. The fourth-order valence-corrected chi connectivity index (χ4v) is 1.77. The Morgan fingerprint density at radius 3 is 2.75 bits per heavy atom. The van der Waals surface area contributed by atoms with Gasteiger partial charge < -0.3 is 10.1 Å². The van der Waals surface area contributed by atoms with E-state index in [1.54, 1.807) is 0 Å². The van der Waals surface area contributed by atoms with Crippen molar-refractivity contribution in [3.05, 3.63) is 41.1 Å². The number of anilines is 1. The highest BCUT2D eigenvalue weighted by molar-refractivity contribution is 5.91. The van der Waals surface area contributed by atoms with E-state index in [1.807, 2.05) is 38.1 Å². The van der Waals surface area contributed by atoms with Gasteiger partial charge in [-0.1, -0.05) is 18.2 Å². The number of rotatable bonds is 2. The molecule has 3 heteroatoms. The summed E-state index contributed by atoms with van der Waals surface area (Å²) < 4.78 is 4.92. The molecule has 1 aliphatic rings. The highest BCUT2D eigenvalue weighted by Crippen LogP contribution is 2.21. The summed E-state index contributed by atoms with van der Waals surface area (Å²) in [5.41, 5.74) is 3.83. The minimum atomic E-state index is -0.196. The molecule has 0 saturated carbocycles. The molecule has 1 saturated heterocycles. The minimum Gasteiger partial charge on any atom is -0.462 e. The molecule has 16 heavy (non-hydrogen) atoms.